The van der Waals surface area contributed by atoms with E-state index in [4.69, 9.17) is 16.3 Å². The molecule has 1 fully saturated rings. The predicted molar refractivity (Wildman–Crippen MR) is 81.2 cm³/mol. The largest absolute Gasteiger partial charge is 0.479 e. The molecule has 110 valence electrons. The molecule has 2 rings (SSSR count). The number of hydrogen-bond acceptors (Lipinski definition) is 2. The molecule has 1 heterocycles. The number of amides is 1. The van der Waals surface area contributed by atoms with Crippen molar-refractivity contribution in [1.29, 1.82) is 0 Å². The second-order valence-electron chi connectivity index (χ2n) is 5.18. The Balaban J connectivity index is 2.03. The first-order chi connectivity index (χ1) is 9.72. The van der Waals surface area contributed by atoms with Crippen molar-refractivity contribution in [2.45, 2.75) is 45.1 Å². The molecular formula is C16H22ClNO2. The van der Waals surface area contributed by atoms with Crippen molar-refractivity contribution in [1.82, 2.24) is 4.90 Å². The maximum Gasteiger partial charge on any atom is 0.263 e. The van der Waals surface area contributed by atoms with Crippen LogP contribution in [0.1, 0.15) is 39.0 Å². The SMILES string of the molecule is CC[C@@H](Oc1ccccc1Cl)C(=O)N1CCCCCC1. The Hall–Kier alpha value is -1.22. The number of carbonyl (C=O) groups is 1. The molecule has 0 N–H and O–H groups in total. The fourth-order valence-electron chi connectivity index (χ4n) is 2.50. The normalized spacial score (nSPS) is 17.4. The van der Waals surface area contributed by atoms with Gasteiger partial charge in [-0.2, -0.15) is 0 Å². The number of rotatable bonds is 4. The Bertz CT molecular complexity index is 442. The first-order valence-electron chi connectivity index (χ1n) is 7.42. The van der Waals surface area contributed by atoms with Crippen LogP contribution >= 0.6 is 11.6 Å². The van der Waals surface area contributed by atoms with Gasteiger partial charge in [-0.25, -0.2) is 0 Å². The van der Waals surface area contributed by atoms with Gasteiger partial charge >= 0.3 is 0 Å². The molecule has 1 aromatic carbocycles. The second-order valence-corrected chi connectivity index (χ2v) is 5.59. The van der Waals surface area contributed by atoms with Crippen LogP contribution in [0.2, 0.25) is 5.02 Å². The average molecular weight is 296 g/mol. The number of carbonyl (C=O) groups excluding carboxylic acids is 1. The van der Waals surface area contributed by atoms with Crippen LogP contribution in [0.4, 0.5) is 0 Å². The van der Waals surface area contributed by atoms with Crippen molar-refractivity contribution in [3.63, 3.8) is 0 Å². The van der Waals surface area contributed by atoms with Crippen LogP contribution in [0.15, 0.2) is 24.3 Å². The van der Waals surface area contributed by atoms with Crippen molar-refractivity contribution in [3.8, 4) is 5.75 Å². The number of halogens is 1. The van der Waals surface area contributed by atoms with E-state index in [1.807, 2.05) is 24.0 Å². The molecule has 4 heteroatoms. The zero-order chi connectivity index (χ0) is 14.4. The zero-order valence-corrected chi connectivity index (χ0v) is 12.7. The third-order valence-corrected chi connectivity index (χ3v) is 3.98. The van der Waals surface area contributed by atoms with E-state index < -0.39 is 6.10 Å². The molecule has 0 aromatic heterocycles. The summed E-state index contributed by atoms with van der Waals surface area (Å²) in [5, 5.41) is 0.551. The molecule has 1 aliphatic heterocycles. The lowest BCUT2D eigenvalue weighted by Gasteiger charge is -2.26. The fourth-order valence-corrected chi connectivity index (χ4v) is 2.68. The molecular weight excluding hydrogens is 274 g/mol. The van der Waals surface area contributed by atoms with Crippen molar-refractivity contribution in [3.05, 3.63) is 29.3 Å². The quantitative estimate of drug-likeness (QED) is 0.843. The Morgan fingerprint density at radius 2 is 1.90 bits per heavy atom. The molecule has 1 amide bonds. The first kappa shape index (κ1) is 15.2. The fraction of sp³-hybridized carbons (Fsp3) is 0.562. The molecule has 0 unspecified atom stereocenters. The van der Waals surface area contributed by atoms with Crippen LogP contribution in [-0.2, 0) is 4.79 Å². The van der Waals surface area contributed by atoms with E-state index in [-0.39, 0.29) is 5.91 Å². The van der Waals surface area contributed by atoms with E-state index in [2.05, 4.69) is 0 Å². The summed E-state index contributed by atoms with van der Waals surface area (Å²) in [5.74, 6) is 0.679. The third-order valence-electron chi connectivity index (χ3n) is 3.67. The van der Waals surface area contributed by atoms with Gasteiger partial charge in [0.2, 0.25) is 0 Å². The number of benzene rings is 1. The summed E-state index contributed by atoms with van der Waals surface area (Å²) in [6, 6.07) is 7.30. The maximum atomic E-state index is 12.6. The lowest BCUT2D eigenvalue weighted by atomic mass is 10.2. The number of likely N-dealkylation sites (tertiary alicyclic amines) is 1. The minimum atomic E-state index is -0.437. The summed E-state index contributed by atoms with van der Waals surface area (Å²) >= 11 is 6.09. The minimum Gasteiger partial charge on any atom is -0.479 e. The average Bonchev–Trinajstić information content (AvgIpc) is 2.75. The van der Waals surface area contributed by atoms with Gasteiger partial charge in [0.25, 0.3) is 5.91 Å². The van der Waals surface area contributed by atoms with E-state index >= 15 is 0 Å². The molecule has 1 aliphatic rings. The van der Waals surface area contributed by atoms with Gasteiger partial charge in [-0.3, -0.25) is 4.79 Å². The summed E-state index contributed by atoms with van der Waals surface area (Å²) in [4.78, 5) is 14.5. The van der Waals surface area contributed by atoms with Gasteiger partial charge in [0.15, 0.2) is 6.10 Å². The van der Waals surface area contributed by atoms with E-state index in [1.54, 1.807) is 12.1 Å². The van der Waals surface area contributed by atoms with Gasteiger partial charge in [0, 0.05) is 13.1 Å². The maximum absolute atomic E-state index is 12.6. The van der Waals surface area contributed by atoms with Crippen LogP contribution in [0, 0.1) is 0 Å². The molecule has 3 nitrogen and oxygen atoms in total. The molecule has 1 aromatic rings. The van der Waals surface area contributed by atoms with E-state index in [9.17, 15) is 4.79 Å². The Labute approximate surface area is 125 Å². The molecule has 0 aliphatic carbocycles. The van der Waals surface area contributed by atoms with Gasteiger partial charge in [0.05, 0.1) is 5.02 Å². The predicted octanol–water partition coefficient (Wildman–Crippen LogP) is 3.90. The minimum absolute atomic E-state index is 0.0920. The van der Waals surface area contributed by atoms with E-state index in [0.29, 0.717) is 17.2 Å². The molecule has 1 saturated heterocycles. The molecule has 0 spiro atoms. The second kappa shape index (κ2) is 7.53. The molecule has 1 atom stereocenters. The summed E-state index contributed by atoms with van der Waals surface area (Å²) in [5.41, 5.74) is 0. The van der Waals surface area contributed by atoms with Crippen LogP contribution in [0.3, 0.4) is 0 Å². The van der Waals surface area contributed by atoms with Crippen LogP contribution in [0.25, 0.3) is 0 Å². The molecule has 0 radical (unpaired) electrons. The smallest absolute Gasteiger partial charge is 0.263 e. The first-order valence-corrected chi connectivity index (χ1v) is 7.80. The highest BCUT2D eigenvalue weighted by molar-refractivity contribution is 6.32. The Morgan fingerprint density at radius 1 is 1.25 bits per heavy atom. The van der Waals surface area contributed by atoms with Gasteiger partial charge in [0.1, 0.15) is 5.75 Å². The van der Waals surface area contributed by atoms with Crippen LogP contribution in [-0.4, -0.2) is 30.0 Å². The standard InChI is InChI=1S/C16H22ClNO2/c1-2-14(20-15-10-6-5-9-13(15)17)16(19)18-11-7-3-4-8-12-18/h5-6,9-10,14H,2-4,7-8,11-12H2,1H3/t14-/m1/s1. The van der Waals surface area contributed by atoms with Gasteiger partial charge < -0.3 is 9.64 Å². The lowest BCUT2D eigenvalue weighted by Crippen LogP contribution is -2.42. The van der Waals surface area contributed by atoms with Crippen LogP contribution in [0.5, 0.6) is 5.75 Å². The van der Waals surface area contributed by atoms with E-state index in [0.717, 1.165) is 25.9 Å². The number of hydrogen-bond donors (Lipinski definition) is 0. The summed E-state index contributed by atoms with van der Waals surface area (Å²) in [6.07, 6.45) is 4.83. The number of nitrogens with zero attached hydrogens (tertiary/aromatic N) is 1. The summed E-state index contributed by atoms with van der Waals surface area (Å²) in [6.45, 7) is 3.67. The third kappa shape index (κ3) is 3.89. The lowest BCUT2D eigenvalue weighted by molar-refractivity contribution is -0.138. The van der Waals surface area contributed by atoms with Gasteiger partial charge in [-0.15, -0.1) is 0 Å². The highest BCUT2D eigenvalue weighted by atomic mass is 35.5. The Kier molecular flexibility index (Phi) is 5.72. The Morgan fingerprint density at radius 3 is 2.50 bits per heavy atom. The molecule has 20 heavy (non-hydrogen) atoms. The number of para-hydroxylation sites is 1. The highest BCUT2D eigenvalue weighted by Crippen LogP contribution is 2.25. The molecule has 0 bridgehead atoms. The summed E-state index contributed by atoms with van der Waals surface area (Å²) < 4.78 is 5.83. The van der Waals surface area contributed by atoms with E-state index in [1.165, 1.54) is 12.8 Å². The zero-order valence-electron chi connectivity index (χ0n) is 12.0. The molecule has 0 saturated carbocycles. The monoisotopic (exact) mass is 295 g/mol. The highest BCUT2D eigenvalue weighted by Gasteiger charge is 2.25. The van der Waals surface area contributed by atoms with Gasteiger partial charge in [-0.1, -0.05) is 43.5 Å². The van der Waals surface area contributed by atoms with Crippen molar-refractivity contribution in [2.24, 2.45) is 0 Å². The van der Waals surface area contributed by atoms with Crippen molar-refractivity contribution < 1.29 is 9.53 Å². The van der Waals surface area contributed by atoms with Crippen LogP contribution < -0.4 is 4.74 Å². The summed E-state index contributed by atoms with van der Waals surface area (Å²) in [7, 11) is 0. The topological polar surface area (TPSA) is 29.5 Å². The van der Waals surface area contributed by atoms with Gasteiger partial charge in [-0.05, 0) is 31.4 Å². The van der Waals surface area contributed by atoms with Crippen molar-refractivity contribution in [2.75, 3.05) is 13.1 Å². The van der Waals surface area contributed by atoms with Crippen molar-refractivity contribution >= 4 is 17.5 Å². The number of ether oxygens (including phenoxy) is 1.